The van der Waals surface area contributed by atoms with E-state index in [0.717, 1.165) is 45.6 Å². The van der Waals surface area contributed by atoms with Gasteiger partial charge >= 0.3 is 0 Å². The molecule has 2 heterocycles. The van der Waals surface area contributed by atoms with Crippen molar-refractivity contribution in [2.24, 2.45) is 0 Å². The SMILES string of the molecule is CCC1(O)CN(C2CCOCC2)C1. The quantitative estimate of drug-likeness (QED) is 0.684. The van der Waals surface area contributed by atoms with Crippen molar-refractivity contribution >= 4 is 0 Å². The van der Waals surface area contributed by atoms with E-state index < -0.39 is 0 Å². The van der Waals surface area contributed by atoms with Gasteiger partial charge in [0.2, 0.25) is 0 Å². The van der Waals surface area contributed by atoms with Crippen LogP contribution in [0.15, 0.2) is 0 Å². The lowest BCUT2D eigenvalue weighted by atomic mass is 9.88. The highest BCUT2D eigenvalue weighted by atomic mass is 16.5. The van der Waals surface area contributed by atoms with Crippen LogP contribution in [0.1, 0.15) is 26.2 Å². The van der Waals surface area contributed by atoms with Gasteiger partial charge < -0.3 is 9.84 Å². The molecule has 0 spiro atoms. The number of nitrogens with zero attached hydrogens (tertiary/aromatic N) is 1. The predicted octanol–water partition coefficient (Wildman–Crippen LogP) is 0.622. The van der Waals surface area contributed by atoms with Crippen molar-refractivity contribution in [2.45, 2.75) is 37.8 Å². The molecule has 1 N–H and O–H groups in total. The van der Waals surface area contributed by atoms with Gasteiger partial charge in [0, 0.05) is 32.3 Å². The lowest BCUT2D eigenvalue weighted by Gasteiger charge is -2.50. The molecule has 2 saturated heterocycles. The van der Waals surface area contributed by atoms with Crippen molar-refractivity contribution in [3.63, 3.8) is 0 Å². The van der Waals surface area contributed by atoms with Gasteiger partial charge in [-0.2, -0.15) is 0 Å². The molecule has 2 fully saturated rings. The smallest absolute Gasteiger partial charge is 0.0897 e. The third-order valence-electron chi connectivity index (χ3n) is 3.36. The second-order valence-electron chi connectivity index (χ2n) is 4.33. The molecule has 3 nitrogen and oxygen atoms in total. The van der Waals surface area contributed by atoms with Gasteiger partial charge in [-0.3, -0.25) is 4.90 Å². The lowest BCUT2D eigenvalue weighted by Crippen LogP contribution is -2.64. The van der Waals surface area contributed by atoms with Crippen LogP contribution in [0.25, 0.3) is 0 Å². The van der Waals surface area contributed by atoms with Crippen molar-refractivity contribution in [2.75, 3.05) is 26.3 Å². The number of β-amino-alcohol motifs (C(OH)–C–C–N with tert-alkyl or cyclic N) is 1. The molecule has 2 rings (SSSR count). The fraction of sp³-hybridized carbons (Fsp3) is 1.00. The third kappa shape index (κ3) is 1.87. The second kappa shape index (κ2) is 3.56. The van der Waals surface area contributed by atoms with Gasteiger partial charge in [0.05, 0.1) is 5.60 Å². The maximum absolute atomic E-state index is 9.85. The van der Waals surface area contributed by atoms with E-state index in [1.54, 1.807) is 0 Å². The summed E-state index contributed by atoms with van der Waals surface area (Å²) in [5.41, 5.74) is -0.377. The van der Waals surface area contributed by atoms with Crippen molar-refractivity contribution < 1.29 is 9.84 Å². The Labute approximate surface area is 79.7 Å². The van der Waals surface area contributed by atoms with Gasteiger partial charge in [-0.1, -0.05) is 6.92 Å². The molecule has 3 heteroatoms. The summed E-state index contributed by atoms with van der Waals surface area (Å²) in [6, 6.07) is 0.667. The summed E-state index contributed by atoms with van der Waals surface area (Å²) in [5.74, 6) is 0. The monoisotopic (exact) mass is 185 g/mol. The van der Waals surface area contributed by atoms with E-state index in [1.807, 2.05) is 0 Å². The average Bonchev–Trinajstić information content (AvgIpc) is 2.14. The van der Waals surface area contributed by atoms with Gasteiger partial charge in [-0.15, -0.1) is 0 Å². The van der Waals surface area contributed by atoms with E-state index >= 15 is 0 Å². The van der Waals surface area contributed by atoms with Gasteiger partial charge in [-0.05, 0) is 19.3 Å². The van der Waals surface area contributed by atoms with Crippen molar-refractivity contribution in [3.8, 4) is 0 Å². The Hall–Kier alpha value is -0.120. The summed E-state index contributed by atoms with van der Waals surface area (Å²) in [4.78, 5) is 2.39. The minimum absolute atomic E-state index is 0.377. The fourth-order valence-corrected chi connectivity index (χ4v) is 2.24. The van der Waals surface area contributed by atoms with Crippen LogP contribution in [0.3, 0.4) is 0 Å². The molecule has 0 radical (unpaired) electrons. The van der Waals surface area contributed by atoms with E-state index in [2.05, 4.69) is 11.8 Å². The Morgan fingerprint density at radius 2 is 2.00 bits per heavy atom. The van der Waals surface area contributed by atoms with Crippen LogP contribution in [0.4, 0.5) is 0 Å². The third-order valence-corrected chi connectivity index (χ3v) is 3.36. The molecule has 13 heavy (non-hydrogen) atoms. The summed E-state index contributed by atoms with van der Waals surface area (Å²) < 4.78 is 5.31. The molecule has 0 saturated carbocycles. The maximum Gasteiger partial charge on any atom is 0.0897 e. The largest absolute Gasteiger partial charge is 0.387 e. The molecule has 0 aromatic rings. The summed E-state index contributed by atoms with van der Waals surface area (Å²) in [6.07, 6.45) is 3.16. The van der Waals surface area contributed by atoms with Gasteiger partial charge in [0.25, 0.3) is 0 Å². The summed E-state index contributed by atoms with van der Waals surface area (Å²) in [6.45, 7) is 5.58. The van der Waals surface area contributed by atoms with Crippen LogP contribution in [-0.4, -0.2) is 48.0 Å². The topological polar surface area (TPSA) is 32.7 Å². The molecule has 0 unspecified atom stereocenters. The minimum Gasteiger partial charge on any atom is -0.387 e. The van der Waals surface area contributed by atoms with Crippen molar-refractivity contribution in [1.29, 1.82) is 0 Å². The molecular formula is C10H19NO2. The van der Waals surface area contributed by atoms with Crippen LogP contribution in [0.5, 0.6) is 0 Å². The van der Waals surface area contributed by atoms with E-state index in [-0.39, 0.29) is 5.60 Å². The zero-order valence-electron chi connectivity index (χ0n) is 8.33. The van der Waals surface area contributed by atoms with E-state index in [4.69, 9.17) is 4.74 Å². The Bertz CT molecular complexity index is 172. The van der Waals surface area contributed by atoms with Gasteiger partial charge in [0.15, 0.2) is 0 Å². The number of rotatable bonds is 2. The molecule has 0 bridgehead atoms. The summed E-state index contributed by atoms with van der Waals surface area (Å²) >= 11 is 0. The first-order valence-corrected chi connectivity index (χ1v) is 5.28. The van der Waals surface area contributed by atoms with E-state index in [0.29, 0.717) is 6.04 Å². The van der Waals surface area contributed by atoms with E-state index in [1.165, 1.54) is 0 Å². The van der Waals surface area contributed by atoms with Gasteiger partial charge in [-0.25, -0.2) is 0 Å². The highest BCUT2D eigenvalue weighted by Crippen LogP contribution is 2.29. The highest BCUT2D eigenvalue weighted by molar-refractivity contribution is 4.97. The standard InChI is InChI=1S/C10H19NO2/c1-2-10(12)7-11(8-10)9-3-5-13-6-4-9/h9,12H,2-8H2,1H3. The highest BCUT2D eigenvalue weighted by Gasteiger charge is 2.42. The number of hydrogen-bond acceptors (Lipinski definition) is 3. The summed E-state index contributed by atoms with van der Waals surface area (Å²) in [7, 11) is 0. The Morgan fingerprint density at radius 3 is 2.54 bits per heavy atom. The number of hydrogen-bond donors (Lipinski definition) is 1. The first-order valence-electron chi connectivity index (χ1n) is 5.28. The zero-order chi connectivity index (χ0) is 9.31. The molecule has 2 aliphatic rings. The van der Waals surface area contributed by atoms with Crippen LogP contribution in [0.2, 0.25) is 0 Å². The van der Waals surface area contributed by atoms with Crippen LogP contribution in [0, 0.1) is 0 Å². The molecular weight excluding hydrogens is 166 g/mol. The normalized spacial score (nSPS) is 30.0. The Kier molecular flexibility index (Phi) is 2.58. The molecule has 0 amide bonds. The molecule has 76 valence electrons. The fourth-order valence-electron chi connectivity index (χ4n) is 2.24. The average molecular weight is 185 g/mol. The lowest BCUT2D eigenvalue weighted by molar-refractivity contribution is -0.130. The molecule has 0 aromatic heterocycles. The number of aliphatic hydroxyl groups is 1. The first-order chi connectivity index (χ1) is 6.23. The second-order valence-corrected chi connectivity index (χ2v) is 4.33. The molecule has 0 aliphatic carbocycles. The summed E-state index contributed by atoms with van der Waals surface area (Å²) in [5, 5.41) is 9.85. The maximum atomic E-state index is 9.85. The molecule has 0 aromatic carbocycles. The van der Waals surface area contributed by atoms with Crippen LogP contribution < -0.4 is 0 Å². The van der Waals surface area contributed by atoms with Crippen molar-refractivity contribution in [1.82, 2.24) is 4.90 Å². The molecule has 0 atom stereocenters. The number of ether oxygens (including phenoxy) is 1. The minimum atomic E-state index is -0.377. The predicted molar refractivity (Wildman–Crippen MR) is 50.7 cm³/mol. The van der Waals surface area contributed by atoms with Crippen LogP contribution in [-0.2, 0) is 4.74 Å². The van der Waals surface area contributed by atoms with Gasteiger partial charge in [0.1, 0.15) is 0 Å². The Balaban J connectivity index is 1.78. The van der Waals surface area contributed by atoms with Crippen LogP contribution >= 0.6 is 0 Å². The first kappa shape index (κ1) is 9.44. The molecule has 2 aliphatic heterocycles. The van der Waals surface area contributed by atoms with Crippen molar-refractivity contribution in [3.05, 3.63) is 0 Å². The zero-order valence-corrected chi connectivity index (χ0v) is 8.33. The number of likely N-dealkylation sites (tertiary alicyclic amines) is 1. The van der Waals surface area contributed by atoms with E-state index in [9.17, 15) is 5.11 Å². The Morgan fingerprint density at radius 1 is 1.38 bits per heavy atom.